The SMILES string of the molecule is CCCCCCCCCCCCCC/C=C\CCCCCCCCCCCCCCCCC(=O)NC(COC1OC(CO)C(O)C(OS(=O)(=O)O)C1O)C(O)CCCCCCCCCCCCCCCCCCCCCCCCCC. The molecule has 0 spiro atoms. The highest BCUT2D eigenvalue weighted by Crippen LogP contribution is 2.27. The number of aliphatic hydroxyl groups is 4. The quantitative estimate of drug-likeness (QED) is 0.0193. The van der Waals surface area contributed by atoms with Crippen LogP contribution in [0.2, 0.25) is 0 Å². The summed E-state index contributed by atoms with van der Waals surface area (Å²) in [7, 11) is -5.08. The Balaban J connectivity index is 2.23. The van der Waals surface area contributed by atoms with Crippen LogP contribution in [0.4, 0.5) is 0 Å². The van der Waals surface area contributed by atoms with Crippen LogP contribution in [0.15, 0.2) is 12.2 Å². The number of amides is 1. The Labute approximate surface area is 500 Å². The lowest BCUT2D eigenvalue weighted by molar-refractivity contribution is -0.298. The zero-order valence-electron chi connectivity index (χ0n) is 52.9. The molecule has 1 aliphatic rings. The molecule has 12 nitrogen and oxygen atoms in total. The maximum atomic E-state index is 13.2. The van der Waals surface area contributed by atoms with Gasteiger partial charge in [-0.05, 0) is 38.5 Å². The second-order valence-corrected chi connectivity index (χ2v) is 25.9. The molecular weight excluding hydrogens is 1040 g/mol. The predicted molar refractivity (Wildman–Crippen MR) is 338 cm³/mol. The number of hydrogen-bond donors (Lipinski definition) is 6. The molecule has 81 heavy (non-hydrogen) atoms. The summed E-state index contributed by atoms with van der Waals surface area (Å²) in [5.74, 6) is -0.222. The minimum Gasteiger partial charge on any atom is -0.394 e. The van der Waals surface area contributed by atoms with Crippen LogP contribution >= 0.6 is 0 Å². The maximum absolute atomic E-state index is 13.2. The van der Waals surface area contributed by atoms with Gasteiger partial charge in [0.1, 0.15) is 24.4 Å². The predicted octanol–water partition coefficient (Wildman–Crippen LogP) is 18.1. The first-order valence-corrected chi connectivity index (χ1v) is 36.4. The van der Waals surface area contributed by atoms with E-state index < -0.39 is 59.9 Å². The number of allylic oxidation sites excluding steroid dienone is 2. The van der Waals surface area contributed by atoms with Crippen molar-refractivity contribution in [3.8, 4) is 0 Å². The number of rotatable bonds is 63. The van der Waals surface area contributed by atoms with Gasteiger partial charge in [0.2, 0.25) is 5.91 Å². The van der Waals surface area contributed by atoms with Gasteiger partial charge in [-0.15, -0.1) is 0 Å². The number of unbranched alkanes of at least 4 members (excludes halogenated alkanes) is 49. The van der Waals surface area contributed by atoms with Crippen molar-refractivity contribution in [3.63, 3.8) is 0 Å². The van der Waals surface area contributed by atoms with E-state index in [1.807, 2.05) is 0 Å². The lowest BCUT2D eigenvalue weighted by atomic mass is 9.99. The molecule has 0 aromatic carbocycles. The summed E-state index contributed by atoms with van der Waals surface area (Å²) in [6.45, 7) is 3.53. The minimum atomic E-state index is -5.08. The Morgan fingerprint density at radius 3 is 1.11 bits per heavy atom. The normalized spacial score (nSPS) is 18.5. The van der Waals surface area contributed by atoms with E-state index in [-0.39, 0.29) is 12.5 Å². The zero-order valence-corrected chi connectivity index (χ0v) is 53.7. The van der Waals surface area contributed by atoms with Crippen molar-refractivity contribution in [2.24, 2.45) is 0 Å². The Morgan fingerprint density at radius 2 is 0.790 bits per heavy atom. The van der Waals surface area contributed by atoms with Crippen molar-refractivity contribution < 1.29 is 51.8 Å². The molecule has 482 valence electrons. The van der Waals surface area contributed by atoms with Crippen LogP contribution in [0.1, 0.15) is 361 Å². The van der Waals surface area contributed by atoms with E-state index in [9.17, 15) is 38.2 Å². The fourth-order valence-electron chi connectivity index (χ4n) is 11.7. The van der Waals surface area contributed by atoms with Gasteiger partial charge in [-0.1, -0.05) is 328 Å². The Hall–Kier alpha value is -1.16. The maximum Gasteiger partial charge on any atom is 0.397 e. The van der Waals surface area contributed by atoms with Crippen LogP contribution in [0, 0.1) is 0 Å². The van der Waals surface area contributed by atoms with Crippen molar-refractivity contribution in [3.05, 3.63) is 12.2 Å². The molecule has 0 radical (unpaired) electrons. The van der Waals surface area contributed by atoms with Crippen molar-refractivity contribution in [1.29, 1.82) is 0 Å². The summed E-state index contributed by atoms with van der Waals surface area (Å²) in [5.41, 5.74) is 0. The van der Waals surface area contributed by atoms with Crippen LogP contribution in [0.3, 0.4) is 0 Å². The van der Waals surface area contributed by atoms with Crippen LogP contribution in [0.5, 0.6) is 0 Å². The fraction of sp³-hybridized carbons (Fsp3) is 0.956. The molecule has 13 heteroatoms. The largest absolute Gasteiger partial charge is 0.397 e. The third-order valence-corrected chi connectivity index (χ3v) is 17.5. The molecule has 7 atom stereocenters. The lowest BCUT2D eigenvalue weighted by Gasteiger charge is -2.41. The first-order valence-electron chi connectivity index (χ1n) is 35.1. The Bertz CT molecular complexity index is 1470. The van der Waals surface area contributed by atoms with E-state index >= 15 is 0 Å². The molecule has 0 aromatic heterocycles. The van der Waals surface area contributed by atoms with Gasteiger partial charge in [-0.25, -0.2) is 4.18 Å². The number of carbonyl (C=O) groups is 1. The number of nitrogens with one attached hydrogen (secondary N) is 1. The first kappa shape index (κ1) is 77.9. The van der Waals surface area contributed by atoms with E-state index in [1.54, 1.807) is 0 Å². The standard InChI is InChI=1S/C68H133NO11S/c1-3-5-7-9-11-13-15-17-19-21-23-25-27-29-30-31-32-33-34-36-38-40-42-44-46-48-50-52-54-56-58-64(72)69-61(60-78-68-66(74)67(80-81(75,76)77)65(73)63(59-70)79-68)62(71)57-55-53-51-49-47-45-43-41-39-37-35-28-26-24-22-20-18-16-14-12-10-8-6-4-2/h29-30,61-63,65-68,70-71,73-74H,3-28,31-60H2,1-2H3,(H,69,72)(H,75,76,77)/b30-29-. The van der Waals surface area contributed by atoms with Crippen molar-refractivity contribution in [1.82, 2.24) is 5.32 Å². The van der Waals surface area contributed by atoms with Gasteiger partial charge in [0, 0.05) is 6.42 Å². The average molecular weight is 1170 g/mol. The Morgan fingerprint density at radius 1 is 0.481 bits per heavy atom. The lowest BCUT2D eigenvalue weighted by Crippen LogP contribution is -2.61. The minimum absolute atomic E-state index is 0.222. The second kappa shape index (κ2) is 57.9. The molecular formula is C68H133NO11S. The summed E-state index contributed by atoms with van der Waals surface area (Å²) in [6, 6.07) is -0.857. The third kappa shape index (κ3) is 49.6. The topological polar surface area (TPSA) is 192 Å². The van der Waals surface area contributed by atoms with E-state index in [2.05, 4.69) is 35.5 Å². The van der Waals surface area contributed by atoms with Gasteiger partial charge in [0.25, 0.3) is 0 Å². The monoisotopic (exact) mass is 1170 g/mol. The fourth-order valence-corrected chi connectivity index (χ4v) is 12.2. The summed E-state index contributed by atoms with van der Waals surface area (Å²) in [5, 5.41) is 45.3. The van der Waals surface area contributed by atoms with Gasteiger partial charge in [0.05, 0.1) is 25.4 Å². The summed E-state index contributed by atoms with van der Waals surface area (Å²) < 4.78 is 48.1. The average Bonchev–Trinajstić information content (AvgIpc) is 3.51. The third-order valence-electron chi connectivity index (χ3n) is 17.1. The zero-order chi connectivity index (χ0) is 59.0. The van der Waals surface area contributed by atoms with Crippen LogP contribution in [0.25, 0.3) is 0 Å². The van der Waals surface area contributed by atoms with E-state index in [4.69, 9.17) is 9.47 Å². The smallest absolute Gasteiger partial charge is 0.394 e. The Kier molecular flexibility index (Phi) is 55.6. The number of ether oxygens (including phenoxy) is 2. The molecule has 0 aliphatic carbocycles. The van der Waals surface area contributed by atoms with Crippen molar-refractivity contribution >= 4 is 16.3 Å². The van der Waals surface area contributed by atoms with Crippen LogP contribution in [-0.4, -0.2) is 95.4 Å². The first-order chi connectivity index (χ1) is 39.5. The molecule has 6 N–H and O–H groups in total. The van der Waals surface area contributed by atoms with E-state index in [1.165, 1.54) is 283 Å². The number of hydrogen-bond acceptors (Lipinski definition) is 10. The van der Waals surface area contributed by atoms with Gasteiger partial charge in [0.15, 0.2) is 6.29 Å². The molecule has 1 amide bonds. The highest BCUT2D eigenvalue weighted by atomic mass is 32.3. The van der Waals surface area contributed by atoms with E-state index in [0.29, 0.717) is 12.8 Å². The highest BCUT2D eigenvalue weighted by Gasteiger charge is 2.48. The molecule has 1 rings (SSSR count). The van der Waals surface area contributed by atoms with Gasteiger partial charge >= 0.3 is 10.4 Å². The second-order valence-electron chi connectivity index (χ2n) is 24.8. The van der Waals surface area contributed by atoms with Crippen molar-refractivity contribution in [2.45, 2.75) is 403 Å². The van der Waals surface area contributed by atoms with E-state index in [0.717, 1.165) is 51.4 Å². The molecule has 1 fully saturated rings. The molecule has 0 aromatic rings. The molecule has 1 saturated heterocycles. The molecule has 1 aliphatic heterocycles. The summed E-state index contributed by atoms with van der Waals surface area (Å²) >= 11 is 0. The van der Waals surface area contributed by atoms with Gasteiger partial charge in [-0.2, -0.15) is 8.42 Å². The highest BCUT2D eigenvalue weighted by molar-refractivity contribution is 7.80. The molecule has 0 bridgehead atoms. The molecule has 7 unspecified atom stereocenters. The van der Waals surface area contributed by atoms with Crippen LogP contribution in [-0.2, 0) is 28.9 Å². The molecule has 1 heterocycles. The van der Waals surface area contributed by atoms with Gasteiger partial charge in [-0.3, -0.25) is 9.35 Å². The van der Waals surface area contributed by atoms with Crippen LogP contribution < -0.4 is 5.32 Å². The molecule has 0 saturated carbocycles. The summed E-state index contributed by atoms with van der Waals surface area (Å²) in [6.07, 6.45) is 63.9. The van der Waals surface area contributed by atoms with Gasteiger partial charge < -0.3 is 35.2 Å². The summed E-state index contributed by atoms with van der Waals surface area (Å²) in [4.78, 5) is 13.2. The number of carbonyl (C=O) groups excluding carboxylic acids is 1. The van der Waals surface area contributed by atoms with Crippen molar-refractivity contribution in [2.75, 3.05) is 13.2 Å². The number of aliphatic hydroxyl groups excluding tert-OH is 4.